The molecule has 1 atom stereocenters. The maximum Gasteiger partial charge on any atom is 0.251 e. The molecule has 1 aromatic heterocycles. The first kappa shape index (κ1) is 17.0. The lowest BCUT2D eigenvalue weighted by Crippen LogP contribution is -2.46. The van der Waals surface area contributed by atoms with Gasteiger partial charge in [-0.05, 0) is 32.6 Å². The molecule has 0 spiro atoms. The van der Waals surface area contributed by atoms with E-state index in [-0.39, 0.29) is 23.8 Å². The van der Waals surface area contributed by atoms with Crippen LogP contribution in [0.3, 0.4) is 0 Å². The number of carbonyl (C=O) groups is 2. The van der Waals surface area contributed by atoms with Crippen molar-refractivity contribution in [3.63, 3.8) is 0 Å². The van der Waals surface area contributed by atoms with E-state index in [9.17, 15) is 9.59 Å². The number of nitrogens with one attached hydrogen (secondary N) is 1. The number of aryl methyl sites for hydroxylation is 1. The minimum absolute atomic E-state index is 0.00393. The maximum absolute atomic E-state index is 12.6. The Hall–Kier alpha value is -1.89. The van der Waals surface area contributed by atoms with Crippen LogP contribution in [0.25, 0.3) is 0 Å². The van der Waals surface area contributed by atoms with Crippen LogP contribution in [0.1, 0.15) is 36.9 Å². The number of hydrogen-bond acceptors (Lipinski definition) is 4. The topological polar surface area (TPSA) is 78.5 Å². The molecule has 0 aliphatic carbocycles. The smallest absolute Gasteiger partial charge is 0.251 e. The van der Waals surface area contributed by atoms with Gasteiger partial charge in [-0.2, -0.15) is 5.10 Å². The van der Waals surface area contributed by atoms with Crippen molar-refractivity contribution in [1.29, 1.82) is 0 Å². The fourth-order valence-electron chi connectivity index (χ4n) is 3.50. The Morgan fingerprint density at radius 2 is 2.12 bits per heavy atom. The Bertz CT molecular complexity index is 586. The highest BCUT2D eigenvalue weighted by Gasteiger charge is 2.33. The SMILES string of the molecule is Cc1[nH]ncc1CN(C)C(=O)C1CCN(C(=O)[C@H]2CCCO2)CC1. The minimum atomic E-state index is -0.260. The summed E-state index contributed by atoms with van der Waals surface area (Å²) in [6, 6.07) is 0. The number of rotatable bonds is 4. The molecule has 2 fully saturated rings. The van der Waals surface area contributed by atoms with Crippen molar-refractivity contribution < 1.29 is 14.3 Å². The van der Waals surface area contributed by atoms with E-state index in [0.29, 0.717) is 26.2 Å². The van der Waals surface area contributed by atoms with E-state index in [1.54, 1.807) is 11.1 Å². The number of nitrogens with zero attached hydrogens (tertiary/aromatic N) is 3. The number of hydrogen-bond donors (Lipinski definition) is 1. The van der Waals surface area contributed by atoms with Gasteiger partial charge in [-0.1, -0.05) is 0 Å². The van der Waals surface area contributed by atoms with E-state index in [1.165, 1.54) is 0 Å². The van der Waals surface area contributed by atoms with Crippen LogP contribution in [-0.2, 0) is 20.9 Å². The summed E-state index contributed by atoms with van der Waals surface area (Å²) in [6.07, 6.45) is 4.75. The van der Waals surface area contributed by atoms with Crippen molar-refractivity contribution in [3.05, 3.63) is 17.5 Å². The molecule has 0 radical (unpaired) electrons. The van der Waals surface area contributed by atoms with Crippen LogP contribution in [0.2, 0.25) is 0 Å². The summed E-state index contributed by atoms with van der Waals surface area (Å²) in [5.41, 5.74) is 2.03. The average molecular weight is 334 g/mol. The standard InChI is InChI=1S/C17H26N4O3/c1-12-14(10-18-19-12)11-20(2)16(22)13-5-7-21(8-6-13)17(23)15-4-3-9-24-15/h10,13,15H,3-9,11H2,1-2H3,(H,18,19)/t15-/m1/s1. The summed E-state index contributed by atoms with van der Waals surface area (Å²) < 4.78 is 5.48. The zero-order valence-electron chi connectivity index (χ0n) is 14.5. The lowest BCUT2D eigenvalue weighted by Gasteiger charge is -2.34. The number of piperidine rings is 1. The quantitative estimate of drug-likeness (QED) is 0.894. The van der Waals surface area contributed by atoms with Gasteiger partial charge in [0.25, 0.3) is 5.91 Å². The van der Waals surface area contributed by atoms with Crippen LogP contribution < -0.4 is 0 Å². The van der Waals surface area contributed by atoms with Crippen LogP contribution in [0.5, 0.6) is 0 Å². The molecule has 2 saturated heterocycles. The molecule has 2 aliphatic rings. The van der Waals surface area contributed by atoms with Crippen LogP contribution in [0.15, 0.2) is 6.20 Å². The lowest BCUT2D eigenvalue weighted by atomic mass is 9.94. The molecule has 0 aromatic carbocycles. The Morgan fingerprint density at radius 1 is 1.38 bits per heavy atom. The fraction of sp³-hybridized carbons (Fsp3) is 0.706. The molecule has 3 rings (SSSR count). The summed E-state index contributed by atoms with van der Waals surface area (Å²) >= 11 is 0. The van der Waals surface area contributed by atoms with Gasteiger partial charge in [-0.25, -0.2) is 0 Å². The van der Waals surface area contributed by atoms with Crippen molar-refractivity contribution in [2.24, 2.45) is 5.92 Å². The van der Waals surface area contributed by atoms with Gasteiger partial charge in [0, 0.05) is 50.5 Å². The molecule has 0 bridgehead atoms. The monoisotopic (exact) mass is 334 g/mol. The molecule has 2 amide bonds. The first-order chi connectivity index (χ1) is 11.6. The number of aromatic amines is 1. The fourth-order valence-corrected chi connectivity index (χ4v) is 3.50. The van der Waals surface area contributed by atoms with Crippen molar-refractivity contribution in [2.45, 2.75) is 45.3 Å². The Labute approximate surface area is 142 Å². The summed E-state index contributed by atoms with van der Waals surface area (Å²) in [7, 11) is 1.83. The molecule has 132 valence electrons. The molecule has 7 nitrogen and oxygen atoms in total. The first-order valence-electron chi connectivity index (χ1n) is 8.70. The summed E-state index contributed by atoms with van der Waals surface area (Å²) in [6.45, 7) is 4.50. The zero-order chi connectivity index (χ0) is 17.1. The number of ether oxygens (including phenoxy) is 1. The molecule has 7 heteroatoms. The molecule has 0 unspecified atom stereocenters. The van der Waals surface area contributed by atoms with Crippen LogP contribution in [0.4, 0.5) is 0 Å². The lowest BCUT2D eigenvalue weighted by molar-refractivity contribution is -0.145. The largest absolute Gasteiger partial charge is 0.368 e. The van der Waals surface area contributed by atoms with Gasteiger partial charge in [0.2, 0.25) is 5.91 Å². The third-order valence-electron chi connectivity index (χ3n) is 5.08. The highest BCUT2D eigenvalue weighted by Crippen LogP contribution is 2.23. The summed E-state index contributed by atoms with van der Waals surface area (Å²) in [5.74, 6) is 0.247. The van der Waals surface area contributed by atoms with Crippen molar-refractivity contribution in [1.82, 2.24) is 20.0 Å². The average Bonchev–Trinajstić information content (AvgIpc) is 3.26. The van der Waals surface area contributed by atoms with E-state index < -0.39 is 0 Å². The van der Waals surface area contributed by atoms with Gasteiger partial charge in [0.05, 0.1) is 6.20 Å². The third-order valence-corrected chi connectivity index (χ3v) is 5.08. The second kappa shape index (κ2) is 7.34. The zero-order valence-corrected chi connectivity index (χ0v) is 14.5. The normalized spacial score (nSPS) is 21.9. The van der Waals surface area contributed by atoms with E-state index in [4.69, 9.17) is 4.74 Å². The first-order valence-corrected chi connectivity index (χ1v) is 8.70. The number of amides is 2. The Morgan fingerprint density at radius 3 is 2.71 bits per heavy atom. The van der Waals surface area contributed by atoms with Crippen LogP contribution in [0, 0.1) is 12.8 Å². The van der Waals surface area contributed by atoms with Crippen LogP contribution in [-0.4, -0.2) is 64.7 Å². The van der Waals surface area contributed by atoms with Gasteiger partial charge in [-0.15, -0.1) is 0 Å². The summed E-state index contributed by atoms with van der Waals surface area (Å²) in [4.78, 5) is 28.6. The Balaban J connectivity index is 1.49. The predicted octanol–water partition coefficient (Wildman–Crippen LogP) is 1.09. The highest BCUT2D eigenvalue weighted by molar-refractivity contribution is 5.82. The van der Waals surface area contributed by atoms with E-state index in [1.807, 2.05) is 18.9 Å². The van der Waals surface area contributed by atoms with Gasteiger partial charge in [0.15, 0.2) is 0 Å². The van der Waals surface area contributed by atoms with Crippen LogP contribution >= 0.6 is 0 Å². The molecule has 1 N–H and O–H groups in total. The van der Waals surface area contributed by atoms with Gasteiger partial charge >= 0.3 is 0 Å². The molecular formula is C17H26N4O3. The molecule has 3 heterocycles. The Kier molecular flexibility index (Phi) is 5.18. The highest BCUT2D eigenvalue weighted by atomic mass is 16.5. The second-order valence-electron chi connectivity index (χ2n) is 6.82. The molecule has 1 aromatic rings. The van der Waals surface area contributed by atoms with E-state index in [0.717, 1.165) is 36.9 Å². The van der Waals surface area contributed by atoms with E-state index in [2.05, 4.69) is 10.2 Å². The second-order valence-corrected chi connectivity index (χ2v) is 6.82. The molecule has 2 aliphatic heterocycles. The molecule has 0 saturated carbocycles. The maximum atomic E-state index is 12.6. The predicted molar refractivity (Wildman–Crippen MR) is 88.1 cm³/mol. The number of likely N-dealkylation sites (tertiary alicyclic amines) is 1. The summed E-state index contributed by atoms with van der Waals surface area (Å²) in [5, 5.41) is 6.89. The third kappa shape index (κ3) is 3.61. The molecule has 24 heavy (non-hydrogen) atoms. The minimum Gasteiger partial charge on any atom is -0.368 e. The van der Waals surface area contributed by atoms with Gasteiger partial charge in [-0.3, -0.25) is 14.7 Å². The van der Waals surface area contributed by atoms with Gasteiger partial charge < -0.3 is 14.5 Å². The van der Waals surface area contributed by atoms with Crippen molar-refractivity contribution >= 4 is 11.8 Å². The molecular weight excluding hydrogens is 308 g/mol. The van der Waals surface area contributed by atoms with Crippen molar-refractivity contribution in [2.75, 3.05) is 26.7 Å². The van der Waals surface area contributed by atoms with Gasteiger partial charge in [0.1, 0.15) is 6.10 Å². The number of H-pyrrole nitrogens is 1. The van der Waals surface area contributed by atoms with Crippen molar-refractivity contribution in [3.8, 4) is 0 Å². The van der Waals surface area contributed by atoms with E-state index >= 15 is 0 Å². The number of carbonyl (C=O) groups excluding carboxylic acids is 2. The number of aromatic nitrogens is 2.